The Morgan fingerprint density at radius 1 is 1.06 bits per heavy atom. The molecule has 4 aromatic rings. The molecule has 1 fully saturated rings. The molecule has 9 nitrogen and oxygen atoms in total. The van der Waals surface area contributed by atoms with Crippen LogP contribution in [-0.4, -0.2) is 63.1 Å². The molecule has 1 aliphatic rings. The third-order valence-electron chi connectivity index (χ3n) is 5.49. The van der Waals surface area contributed by atoms with Crippen LogP contribution in [0.1, 0.15) is 11.4 Å². The van der Waals surface area contributed by atoms with Crippen LogP contribution in [0.2, 0.25) is 0 Å². The number of benzene rings is 1. The summed E-state index contributed by atoms with van der Waals surface area (Å²) in [5, 5.41) is 6.69. The molecule has 0 radical (unpaired) electrons. The van der Waals surface area contributed by atoms with Gasteiger partial charge in [-0.2, -0.15) is 4.98 Å². The fraction of sp³-hybridized carbons (Fsp3) is 0.304. The van der Waals surface area contributed by atoms with Crippen LogP contribution in [-0.2, 0) is 6.54 Å². The second-order valence-corrected chi connectivity index (χ2v) is 7.86. The van der Waals surface area contributed by atoms with Gasteiger partial charge in [-0.1, -0.05) is 6.07 Å². The third kappa shape index (κ3) is 4.53. The highest BCUT2D eigenvalue weighted by molar-refractivity contribution is 5.83. The average Bonchev–Trinajstić information content (AvgIpc) is 3.21. The maximum absolute atomic E-state index is 5.28. The predicted molar refractivity (Wildman–Crippen MR) is 124 cm³/mol. The van der Waals surface area contributed by atoms with Crippen molar-refractivity contribution in [3.63, 3.8) is 0 Å². The summed E-state index contributed by atoms with van der Waals surface area (Å²) in [7, 11) is 1.61. The summed E-state index contributed by atoms with van der Waals surface area (Å²) >= 11 is 0. The van der Waals surface area contributed by atoms with Crippen LogP contribution in [0.5, 0.6) is 5.88 Å². The second-order valence-electron chi connectivity index (χ2n) is 7.86. The molecule has 1 aliphatic heterocycles. The molecule has 0 unspecified atom stereocenters. The number of hydrogen-bond donors (Lipinski definition) is 3. The lowest BCUT2D eigenvalue weighted by Crippen LogP contribution is -2.42. The van der Waals surface area contributed by atoms with Crippen molar-refractivity contribution in [1.29, 1.82) is 0 Å². The third-order valence-corrected chi connectivity index (χ3v) is 5.49. The van der Waals surface area contributed by atoms with Crippen LogP contribution < -0.4 is 15.4 Å². The van der Waals surface area contributed by atoms with Gasteiger partial charge in [0.25, 0.3) is 0 Å². The Morgan fingerprint density at radius 2 is 1.94 bits per heavy atom. The fourth-order valence-corrected chi connectivity index (χ4v) is 3.91. The molecule has 0 saturated carbocycles. The van der Waals surface area contributed by atoms with Crippen LogP contribution in [0.15, 0.2) is 42.6 Å². The van der Waals surface area contributed by atoms with Crippen LogP contribution in [0, 0.1) is 6.92 Å². The standard InChI is InChI=1S/C23H26N8O/c1-15-26-19(13-22(27-15)32-2)17-3-4-18-20(12-17)29-23(28-18)30-21-11-16(5-6-25-21)14-31-9-7-24-8-10-31/h3-6,11-13,24H,7-10,14H2,1-2H3,(H2,25,28,29,30). The van der Waals surface area contributed by atoms with Gasteiger partial charge in [0.05, 0.1) is 23.8 Å². The van der Waals surface area contributed by atoms with Gasteiger partial charge in [-0.25, -0.2) is 15.0 Å². The van der Waals surface area contributed by atoms with E-state index in [4.69, 9.17) is 4.74 Å². The smallest absolute Gasteiger partial charge is 0.216 e. The molecule has 0 amide bonds. The molecule has 9 heteroatoms. The minimum Gasteiger partial charge on any atom is -0.481 e. The minimum atomic E-state index is 0.548. The number of fused-ring (bicyclic) bond motifs is 1. The van der Waals surface area contributed by atoms with Crippen LogP contribution in [0.3, 0.4) is 0 Å². The average molecular weight is 431 g/mol. The normalized spacial score (nSPS) is 14.6. The zero-order valence-corrected chi connectivity index (χ0v) is 18.2. The zero-order chi connectivity index (χ0) is 21.9. The Kier molecular flexibility index (Phi) is 5.66. The van der Waals surface area contributed by atoms with Crippen molar-refractivity contribution in [3.05, 3.63) is 54.0 Å². The molecule has 0 bridgehead atoms. The molecule has 164 valence electrons. The van der Waals surface area contributed by atoms with E-state index in [1.165, 1.54) is 5.56 Å². The Bertz CT molecular complexity index is 1230. The van der Waals surface area contributed by atoms with Crippen molar-refractivity contribution in [3.8, 4) is 17.1 Å². The lowest BCUT2D eigenvalue weighted by molar-refractivity contribution is 0.233. The lowest BCUT2D eigenvalue weighted by Gasteiger charge is -2.27. The molecular formula is C23H26N8O. The quantitative estimate of drug-likeness (QED) is 0.429. The highest BCUT2D eigenvalue weighted by Crippen LogP contribution is 2.26. The van der Waals surface area contributed by atoms with Crippen LogP contribution >= 0.6 is 0 Å². The minimum absolute atomic E-state index is 0.548. The van der Waals surface area contributed by atoms with Gasteiger partial charge in [0.15, 0.2) is 0 Å². The summed E-state index contributed by atoms with van der Waals surface area (Å²) < 4.78 is 5.28. The number of imidazole rings is 1. The lowest BCUT2D eigenvalue weighted by atomic mass is 10.1. The van der Waals surface area contributed by atoms with Gasteiger partial charge in [0.2, 0.25) is 11.8 Å². The molecule has 1 aromatic carbocycles. The molecule has 0 aliphatic carbocycles. The molecule has 3 N–H and O–H groups in total. The number of ether oxygens (including phenoxy) is 1. The fourth-order valence-electron chi connectivity index (χ4n) is 3.91. The molecule has 32 heavy (non-hydrogen) atoms. The molecule has 3 aromatic heterocycles. The summed E-state index contributed by atoms with van der Waals surface area (Å²) in [5.74, 6) is 2.64. The number of methoxy groups -OCH3 is 1. The van der Waals surface area contributed by atoms with E-state index >= 15 is 0 Å². The Hall–Kier alpha value is -3.56. The first kappa shape index (κ1) is 20.3. The van der Waals surface area contributed by atoms with Gasteiger partial charge in [-0.05, 0) is 36.8 Å². The molecular weight excluding hydrogens is 404 g/mol. The van der Waals surface area contributed by atoms with Crippen molar-refractivity contribution in [2.75, 3.05) is 38.6 Å². The van der Waals surface area contributed by atoms with Gasteiger partial charge in [0.1, 0.15) is 11.6 Å². The number of rotatable bonds is 6. The van der Waals surface area contributed by atoms with Gasteiger partial charge >= 0.3 is 0 Å². The first-order valence-electron chi connectivity index (χ1n) is 10.7. The van der Waals surface area contributed by atoms with Gasteiger partial charge in [-0.3, -0.25) is 4.90 Å². The second kappa shape index (κ2) is 8.89. The van der Waals surface area contributed by atoms with Gasteiger partial charge in [-0.15, -0.1) is 0 Å². The first-order valence-corrected chi connectivity index (χ1v) is 10.7. The van der Waals surface area contributed by atoms with E-state index in [2.05, 4.69) is 52.6 Å². The molecule has 4 heterocycles. The summed E-state index contributed by atoms with van der Waals surface area (Å²) in [6, 6.07) is 12.0. The summed E-state index contributed by atoms with van der Waals surface area (Å²) in [5.41, 5.74) is 4.79. The van der Waals surface area contributed by atoms with E-state index in [9.17, 15) is 0 Å². The summed E-state index contributed by atoms with van der Waals surface area (Å²) in [6.45, 7) is 6.98. The van der Waals surface area contributed by atoms with Gasteiger partial charge < -0.3 is 20.4 Å². The maximum atomic E-state index is 5.28. The number of aryl methyl sites for hydroxylation is 1. The number of anilines is 2. The van der Waals surface area contributed by atoms with Crippen molar-refractivity contribution in [2.45, 2.75) is 13.5 Å². The number of hydrogen-bond acceptors (Lipinski definition) is 8. The Morgan fingerprint density at radius 3 is 2.78 bits per heavy atom. The zero-order valence-electron chi connectivity index (χ0n) is 18.2. The van der Waals surface area contributed by atoms with E-state index in [0.29, 0.717) is 17.7 Å². The van der Waals surface area contributed by atoms with E-state index in [0.717, 1.165) is 60.8 Å². The number of pyridine rings is 1. The van der Waals surface area contributed by atoms with Crippen LogP contribution in [0.25, 0.3) is 22.3 Å². The maximum Gasteiger partial charge on any atom is 0.216 e. The van der Waals surface area contributed by atoms with Gasteiger partial charge in [0, 0.05) is 50.6 Å². The van der Waals surface area contributed by atoms with E-state index in [1.807, 2.05) is 37.4 Å². The van der Waals surface area contributed by atoms with Crippen molar-refractivity contribution < 1.29 is 4.74 Å². The number of H-pyrrole nitrogens is 1. The van der Waals surface area contributed by atoms with E-state index in [1.54, 1.807) is 7.11 Å². The Labute approximate surface area is 186 Å². The van der Waals surface area contributed by atoms with E-state index < -0.39 is 0 Å². The largest absolute Gasteiger partial charge is 0.481 e. The SMILES string of the molecule is COc1cc(-c2ccc3nc(Nc4cc(CN5CCNCC5)ccn4)[nH]c3c2)nc(C)n1. The number of aromatic nitrogens is 5. The Balaban J connectivity index is 1.35. The highest BCUT2D eigenvalue weighted by Gasteiger charge is 2.12. The monoisotopic (exact) mass is 430 g/mol. The first-order chi connectivity index (χ1) is 15.7. The predicted octanol–water partition coefficient (Wildman–Crippen LogP) is 2.88. The van der Waals surface area contributed by atoms with Crippen molar-refractivity contribution in [2.24, 2.45) is 0 Å². The molecule has 5 rings (SSSR count). The topological polar surface area (TPSA) is 104 Å². The molecule has 0 spiro atoms. The summed E-state index contributed by atoms with van der Waals surface area (Å²) in [6.07, 6.45) is 1.84. The number of nitrogens with one attached hydrogen (secondary N) is 3. The highest BCUT2D eigenvalue weighted by atomic mass is 16.5. The summed E-state index contributed by atoms with van der Waals surface area (Å²) in [4.78, 5) is 23.7. The number of piperazine rings is 1. The van der Waals surface area contributed by atoms with Crippen LogP contribution in [0.4, 0.5) is 11.8 Å². The van der Waals surface area contributed by atoms with Crippen molar-refractivity contribution in [1.82, 2.24) is 35.1 Å². The molecule has 1 saturated heterocycles. The van der Waals surface area contributed by atoms with E-state index in [-0.39, 0.29) is 0 Å². The van der Waals surface area contributed by atoms with Crippen molar-refractivity contribution >= 4 is 22.8 Å². The molecule has 0 atom stereocenters. The number of nitrogens with zero attached hydrogens (tertiary/aromatic N) is 5. The number of aromatic amines is 1.